The maximum Gasteiger partial charge on any atom is 0.333 e. The summed E-state index contributed by atoms with van der Waals surface area (Å²) in [6, 6.07) is 3.06. The average Bonchev–Trinajstić information content (AvgIpc) is 2.52. The van der Waals surface area contributed by atoms with Crippen molar-refractivity contribution in [3.8, 4) is 11.6 Å². The molecule has 1 heterocycles. The van der Waals surface area contributed by atoms with Crippen LogP contribution in [0.5, 0.6) is 11.6 Å². The summed E-state index contributed by atoms with van der Waals surface area (Å²) < 4.78 is 1.49. The molecule has 0 aliphatic rings. The summed E-state index contributed by atoms with van der Waals surface area (Å²) in [5.74, 6) is -1.12. The molecule has 120 valence electrons. The number of rotatable bonds is 3. The number of nitro benzene ring substituents is 1. The van der Waals surface area contributed by atoms with E-state index in [0.717, 1.165) is 22.8 Å². The summed E-state index contributed by atoms with van der Waals surface area (Å²) in [6.45, 7) is 0. The van der Waals surface area contributed by atoms with E-state index in [4.69, 9.17) is 0 Å². The van der Waals surface area contributed by atoms with Crippen molar-refractivity contribution in [2.75, 3.05) is 0 Å². The van der Waals surface area contributed by atoms with E-state index in [0.29, 0.717) is 4.57 Å². The topological polar surface area (TPSA) is 152 Å². The Hall–Kier alpha value is -3.50. The van der Waals surface area contributed by atoms with Crippen LogP contribution in [0.4, 0.5) is 17.1 Å². The Morgan fingerprint density at radius 1 is 1.13 bits per heavy atom. The van der Waals surface area contributed by atoms with Gasteiger partial charge in [-0.25, -0.2) is 4.79 Å². The third-order valence-electron chi connectivity index (χ3n) is 3.04. The molecule has 1 aromatic heterocycles. The minimum absolute atomic E-state index is 0.269. The molecule has 0 fully saturated rings. The van der Waals surface area contributed by atoms with Gasteiger partial charge in [0.1, 0.15) is 11.4 Å². The van der Waals surface area contributed by atoms with E-state index in [1.165, 1.54) is 14.1 Å². The molecule has 2 rings (SSSR count). The van der Waals surface area contributed by atoms with Gasteiger partial charge in [-0.05, 0) is 6.07 Å². The Bertz CT molecular complexity index is 942. The Balaban J connectivity index is 2.59. The van der Waals surface area contributed by atoms with Gasteiger partial charge in [-0.15, -0.1) is 10.2 Å². The lowest BCUT2D eigenvalue weighted by molar-refractivity contribution is -0.384. The molecule has 2 N–H and O–H groups in total. The van der Waals surface area contributed by atoms with E-state index in [-0.39, 0.29) is 11.4 Å². The molecule has 11 heteroatoms. The summed E-state index contributed by atoms with van der Waals surface area (Å²) in [5.41, 5.74) is -2.81. The number of aromatic nitrogens is 2. The zero-order valence-electron chi connectivity index (χ0n) is 12.0. The van der Waals surface area contributed by atoms with Crippen LogP contribution >= 0.6 is 0 Å². The highest BCUT2D eigenvalue weighted by molar-refractivity contribution is 5.57. The van der Waals surface area contributed by atoms with Gasteiger partial charge in [0.05, 0.1) is 4.92 Å². The summed E-state index contributed by atoms with van der Waals surface area (Å²) in [6.07, 6.45) is 0. The molecule has 0 spiro atoms. The average molecular weight is 321 g/mol. The van der Waals surface area contributed by atoms with Crippen molar-refractivity contribution in [3.05, 3.63) is 49.2 Å². The van der Waals surface area contributed by atoms with Crippen LogP contribution in [0.2, 0.25) is 0 Å². The fraction of sp³-hybridized carbons (Fsp3) is 0.167. The van der Waals surface area contributed by atoms with E-state index in [1.54, 1.807) is 0 Å². The van der Waals surface area contributed by atoms with Crippen LogP contribution in [0.25, 0.3) is 0 Å². The number of phenols is 1. The van der Waals surface area contributed by atoms with Gasteiger partial charge >= 0.3 is 5.69 Å². The van der Waals surface area contributed by atoms with Gasteiger partial charge in [-0.2, -0.15) is 0 Å². The minimum Gasteiger partial charge on any atom is -0.506 e. The van der Waals surface area contributed by atoms with E-state index in [9.17, 15) is 29.9 Å². The summed E-state index contributed by atoms with van der Waals surface area (Å²) in [5, 5.41) is 37.1. The fourth-order valence-electron chi connectivity index (χ4n) is 1.71. The second-order valence-corrected chi connectivity index (χ2v) is 4.51. The number of nitrogens with zero attached hydrogens (tertiary/aromatic N) is 5. The summed E-state index contributed by atoms with van der Waals surface area (Å²) >= 11 is 0. The first-order valence-corrected chi connectivity index (χ1v) is 6.12. The smallest absolute Gasteiger partial charge is 0.333 e. The highest BCUT2D eigenvalue weighted by Crippen LogP contribution is 2.32. The van der Waals surface area contributed by atoms with Crippen LogP contribution in [0.3, 0.4) is 0 Å². The second kappa shape index (κ2) is 5.71. The molecule has 11 nitrogen and oxygen atoms in total. The third-order valence-corrected chi connectivity index (χ3v) is 3.04. The number of nitro groups is 1. The molecule has 0 saturated carbocycles. The zero-order valence-corrected chi connectivity index (χ0v) is 12.0. The number of benzene rings is 1. The minimum atomic E-state index is -0.903. The number of hydrogen-bond acceptors (Lipinski definition) is 8. The highest BCUT2D eigenvalue weighted by Gasteiger charge is 2.15. The molecule has 23 heavy (non-hydrogen) atoms. The van der Waals surface area contributed by atoms with Crippen LogP contribution in [0.1, 0.15) is 0 Å². The van der Waals surface area contributed by atoms with Crippen molar-refractivity contribution in [1.82, 2.24) is 9.13 Å². The largest absolute Gasteiger partial charge is 0.506 e. The number of aromatic hydroxyl groups is 2. The Morgan fingerprint density at radius 2 is 1.78 bits per heavy atom. The van der Waals surface area contributed by atoms with Gasteiger partial charge in [0.25, 0.3) is 11.2 Å². The summed E-state index contributed by atoms with van der Waals surface area (Å²) in [4.78, 5) is 33.5. The van der Waals surface area contributed by atoms with Crippen molar-refractivity contribution in [2.45, 2.75) is 0 Å². The van der Waals surface area contributed by atoms with Crippen LogP contribution in [0.15, 0.2) is 38.0 Å². The molecular formula is C12H11N5O6. The van der Waals surface area contributed by atoms with E-state index in [1.807, 2.05) is 0 Å². The van der Waals surface area contributed by atoms with Crippen molar-refractivity contribution in [3.63, 3.8) is 0 Å². The predicted octanol–water partition coefficient (Wildman–Crippen LogP) is 0.819. The lowest BCUT2D eigenvalue weighted by atomic mass is 10.2. The number of azo groups is 1. The quantitative estimate of drug-likeness (QED) is 0.485. The second-order valence-electron chi connectivity index (χ2n) is 4.51. The Kier molecular flexibility index (Phi) is 3.94. The van der Waals surface area contributed by atoms with Gasteiger partial charge in [-0.1, -0.05) is 0 Å². The molecule has 0 atom stereocenters. The van der Waals surface area contributed by atoms with Crippen LogP contribution in [0, 0.1) is 10.1 Å². The first-order valence-electron chi connectivity index (χ1n) is 6.12. The molecule has 0 bridgehead atoms. The van der Waals surface area contributed by atoms with E-state index < -0.39 is 33.5 Å². The van der Waals surface area contributed by atoms with E-state index >= 15 is 0 Å². The SMILES string of the molecule is Cn1c(O)c(/N=N/c2cc([N+](=O)[O-])ccc2O)c(=O)n(C)c1=O. The number of hydrogen-bond donors (Lipinski definition) is 2. The first kappa shape index (κ1) is 15.9. The van der Waals surface area contributed by atoms with Crippen molar-refractivity contribution < 1.29 is 15.1 Å². The van der Waals surface area contributed by atoms with Crippen LogP contribution < -0.4 is 11.2 Å². The third kappa shape index (κ3) is 2.79. The summed E-state index contributed by atoms with van der Waals surface area (Å²) in [7, 11) is 2.41. The lowest BCUT2D eigenvalue weighted by Gasteiger charge is -2.06. The van der Waals surface area contributed by atoms with Gasteiger partial charge in [0.15, 0.2) is 0 Å². The normalized spacial score (nSPS) is 11.0. The predicted molar refractivity (Wildman–Crippen MR) is 77.5 cm³/mol. The maximum atomic E-state index is 11.9. The van der Waals surface area contributed by atoms with Crippen LogP contribution in [-0.2, 0) is 14.1 Å². The standard InChI is InChI=1S/C12H11N5O6/c1-15-10(19)9(11(20)16(2)12(15)21)14-13-7-5-6(17(22)23)3-4-8(7)18/h3-5,18-19H,1-2H3/b14-13+. The molecule has 0 aliphatic heterocycles. The molecule has 0 saturated heterocycles. The maximum absolute atomic E-state index is 11.9. The first-order chi connectivity index (χ1) is 10.7. The lowest BCUT2D eigenvalue weighted by Crippen LogP contribution is -2.36. The van der Waals surface area contributed by atoms with Crippen molar-refractivity contribution in [2.24, 2.45) is 24.3 Å². The fourth-order valence-corrected chi connectivity index (χ4v) is 1.71. The molecule has 0 amide bonds. The molecule has 2 aromatic rings. The van der Waals surface area contributed by atoms with Crippen molar-refractivity contribution in [1.29, 1.82) is 0 Å². The molecular weight excluding hydrogens is 310 g/mol. The van der Waals surface area contributed by atoms with Gasteiger partial charge in [0, 0.05) is 26.2 Å². The zero-order chi connectivity index (χ0) is 17.3. The number of phenolic OH excluding ortho intramolecular Hbond substituents is 1. The number of non-ortho nitro benzene ring substituents is 1. The van der Waals surface area contributed by atoms with Gasteiger partial charge < -0.3 is 10.2 Å². The van der Waals surface area contributed by atoms with Crippen LogP contribution in [-0.4, -0.2) is 24.3 Å². The molecule has 1 aromatic carbocycles. The monoisotopic (exact) mass is 321 g/mol. The van der Waals surface area contributed by atoms with Crippen molar-refractivity contribution >= 4 is 17.1 Å². The molecule has 0 unspecified atom stereocenters. The highest BCUT2D eigenvalue weighted by atomic mass is 16.6. The molecule has 0 radical (unpaired) electrons. The Labute approximate surface area is 127 Å². The Morgan fingerprint density at radius 3 is 2.39 bits per heavy atom. The van der Waals surface area contributed by atoms with Gasteiger partial charge in [-0.3, -0.25) is 24.0 Å². The van der Waals surface area contributed by atoms with E-state index in [2.05, 4.69) is 10.2 Å². The molecule has 0 aliphatic carbocycles. The van der Waals surface area contributed by atoms with Gasteiger partial charge in [0.2, 0.25) is 11.6 Å².